The van der Waals surface area contributed by atoms with E-state index in [1.165, 1.54) is 48.6 Å². The van der Waals surface area contributed by atoms with Crippen LogP contribution in [0.5, 0.6) is 0 Å². The lowest BCUT2D eigenvalue weighted by Crippen LogP contribution is -2.08. The number of halogens is 1. The van der Waals surface area contributed by atoms with Crippen molar-refractivity contribution in [3.8, 4) is 0 Å². The lowest BCUT2D eigenvalue weighted by Gasteiger charge is -2.03. The second-order valence-electron chi connectivity index (χ2n) is 4.59. The highest BCUT2D eigenvalue weighted by Gasteiger charge is 2.13. The molecule has 0 bridgehead atoms. The maximum absolute atomic E-state index is 11.8. The molecule has 0 heterocycles. The van der Waals surface area contributed by atoms with Crippen molar-refractivity contribution in [1.29, 1.82) is 0 Å². The summed E-state index contributed by atoms with van der Waals surface area (Å²) in [6.45, 7) is 0. The summed E-state index contributed by atoms with van der Waals surface area (Å²) in [6.07, 6.45) is 2.67. The maximum atomic E-state index is 11.8. The first kappa shape index (κ1) is 17.1. The number of non-ortho nitro benzene ring substituents is 1. The van der Waals surface area contributed by atoms with Gasteiger partial charge in [-0.3, -0.25) is 25.0 Å². The Balaban J connectivity index is 2.06. The van der Waals surface area contributed by atoms with E-state index in [-0.39, 0.29) is 22.1 Å². The SMILES string of the molecule is O=C(/C=C/c1ccc([N+](=O)[O-])cc1)Nc1ccc(Cl)c([N+](=O)[O-])c1. The van der Waals surface area contributed by atoms with Gasteiger partial charge < -0.3 is 5.32 Å². The maximum Gasteiger partial charge on any atom is 0.289 e. The van der Waals surface area contributed by atoms with Crippen LogP contribution in [0.25, 0.3) is 6.08 Å². The van der Waals surface area contributed by atoms with Crippen LogP contribution >= 0.6 is 11.6 Å². The normalized spacial score (nSPS) is 10.5. The third-order valence-electron chi connectivity index (χ3n) is 2.94. The van der Waals surface area contributed by atoms with Gasteiger partial charge in [0.05, 0.1) is 9.85 Å². The zero-order valence-corrected chi connectivity index (χ0v) is 12.8. The molecule has 0 unspecified atom stereocenters. The van der Waals surface area contributed by atoms with E-state index in [1.807, 2.05) is 0 Å². The van der Waals surface area contributed by atoms with Crippen LogP contribution in [0.15, 0.2) is 48.5 Å². The van der Waals surface area contributed by atoms with Gasteiger partial charge in [0.1, 0.15) is 5.02 Å². The number of nitrogens with zero attached hydrogens (tertiary/aromatic N) is 2. The van der Waals surface area contributed by atoms with E-state index in [4.69, 9.17) is 11.6 Å². The number of amides is 1. The van der Waals surface area contributed by atoms with Crippen molar-refractivity contribution in [3.63, 3.8) is 0 Å². The van der Waals surface area contributed by atoms with Crippen LogP contribution in [-0.2, 0) is 4.79 Å². The Labute approximate surface area is 140 Å². The molecule has 0 radical (unpaired) electrons. The number of carbonyl (C=O) groups is 1. The first-order chi connectivity index (χ1) is 11.4. The highest BCUT2D eigenvalue weighted by molar-refractivity contribution is 6.32. The van der Waals surface area contributed by atoms with E-state index in [0.29, 0.717) is 5.56 Å². The van der Waals surface area contributed by atoms with Crippen molar-refractivity contribution in [2.45, 2.75) is 0 Å². The van der Waals surface area contributed by atoms with Gasteiger partial charge in [0.2, 0.25) is 5.91 Å². The Hall–Kier alpha value is -3.26. The van der Waals surface area contributed by atoms with Gasteiger partial charge in [-0.25, -0.2) is 0 Å². The first-order valence-electron chi connectivity index (χ1n) is 6.54. The molecule has 9 heteroatoms. The number of benzene rings is 2. The Kier molecular flexibility index (Phi) is 5.23. The molecule has 1 amide bonds. The summed E-state index contributed by atoms with van der Waals surface area (Å²) < 4.78 is 0. The molecular formula is C15H10ClN3O5. The minimum Gasteiger partial charge on any atom is -0.322 e. The predicted octanol–water partition coefficient (Wildman–Crippen LogP) is 3.81. The van der Waals surface area contributed by atoms with Crippen molar-refractivity contribution in [3.05, 3.63) is 79.4 Å². The smallest absolute Gasteiger partial charge is 0.289 e. The van der Waals surface area contributed by atoms with Gasteiger partial charge >= 0.3 is 0 Å². The highest BCUT2D eigenvalue weighted by Crippen LogP contribution is 2.27. The van der Waals surface area contributed by atoms with Crippen molar-refractivity contribution < 1.29 is 14.6 Å². The molecule has 0 aromatic heterocycles. The Morgan fingerprint density at radius 3 is 2.29 bits per heavy atom. The highest BCUT2D eigenvalue weighted by atomic mass is 35.5. The molecule has 1 N–H and O–H groups in total. The summed E-state index contributed by atoms with van der Waals surface area (Å²) in [6, 6.07) is 9.53. The van der Waals surface area contributed by atoms with Crippen LogP contribution in [0, 0.1) is 20.2 Å². The van der Waals surface area contributed by atoms with Crippen molar-refractivity contribution in [2.24, 2.45) is 0 Å². The van der Waals surface area contributed by atoms with Gasteiger partial charge in [-0.05, 0) is 35.9 Å². The number of nitro benzene ring substituents is 2. The largest absolute Gasteiger partial charge is 0.322 e. The Morgan fingerprint density at radius 1 is 1.04 bits per heavy atom. The van der Waals surface area contributed by atoms with Gasteiger partial charge in [-0.1, -0.05) is 11.6 Å². The third-order valence-corrected chi connectivity index (χ3v) is 3.26. The second kappa shape index (κ2) is 7.34. The number of hydrogen-bond donors (Lipinski definition) is 1. The van der Waals surface area contributed by atoms with Gasteiger partial charge in [-0.15, -0.1) is 0 Å². The fourth-order valence-electron chi connectivity index (χ4n) is 1.79. The molecule has 2 aromatic rings. The molecule has 0 fully saturated rings. The molecule has 0 saturated heterocycles. The predicted molar refractivity (Wildman–Crippen MR) is 88.9 cm³/mol. The summed E-state index contributed by atoms with van der Waals surface area (Å²) in [5.41, 5.74) is 0.459. The van der Waals surface area contributed by atoms with E-state index < -0.39 is 15.8 Å². The number of hydrogen-bond acceptors (Lipinski definition) is 5. The number of nitrogens with one attached hydrogen (secondary N) is 1. The molecule has 2 rings (SSSR count). The average molecular weight is 348 g/mol. The van der Waals surface area contributed by atoms with Crippen LogP contribution in [0.2, 0.25) is 5.02 Å². The van der Waals surface area contributed by atoms with E-state index in [1.54, 1.807) is 0 Å². The number of carbonyl (C=O) groups excluding carboxylic acids is 1. The first-order valence-corrected chi connectivity index (χ1v) is 6.92. The molecule has 0 atom stereocenters. The molecule has 0 aliphatic heterocycles. The summed E-state index contributed by atoms with van der Waals surface area (Å²) in [5.74, 6) is -0.509. The third kappa shape index (κ3) is 4.37. The van der Waals surface area contributed by atoms with Crippen molar-refractivity contribution >= 4 is 40.6 Å². The van der Waals surface area contributed by atoms with E-state index in [2.05, 4.69) is 5.32 Å². The van der Waals surface area contributed by atoms with E-state index in [0.717, 1.165) is 6.07 Å². The summed E-state index contributed by atoms with van der Waals surface area (Å²) in [5, 5.41) is 23.8. The minimum atomic E-state index is -0.648. The fraction of sp³-hybridized carbons (Fsp3) is 0. The molecule has 0 aliphatic rings. The van der Waals surface area contributed by atoms with Crippen LogP contribution < -0.4 is 5.32 Å². The summed E-state index contributed by atoms with van der Waals surface area (Å²) in [4.78, 5) is 32.0. The fourth-order valence-corrected chi connectivity index (χ4v) is 1.98. The molecule has 0 saturated carbocycles. The zero-order chi connectivity index (χ0) is 17.7. The summed E-state index contributed by atoms with van der Waals surface area (Å²) in [7, 11) is 0. The number of rotatable bonds is 5. The molecule has 8 nitrogen and oxygen atoms in total. The minimum absolute atomic E-state index is 0.0283. The number of anilines is 1. The van der Waals surface area contributed by atoms with Crippen LogP contribution in [-0.4, -0.2) is 15.8 Å². The average Bonchev–Trinajstić information content (AvgIpc) is 2.55. The van der Waals surface area contributed by atoms with Crippen molar-refractivity contribution in [2.75, 3.05) is 5.32 Å². The number of nitro groups is 2. The van der Waals surface area contributed by atoms with Crippen molar-refractivity contribution in [1.82, 2.24) is 0 Å². The Bertz CT molecular complexity index is 834. The summed E-state index contributed by atoms with van der Waals surface area (Å²) >= 11 is 5.69. The Morgan fingerprint density at radius 2 is 1.71 bits per heavy atom. The van der Waals surface area contributed by atoms with Gasteiger partial charge in [-0.2, -0.15) is 0 Å². The zero-order valence-electron chi connectivity index (χ0n) is 12.0. The molecule has 122 valence electrons. The molecule has 0 spiro atoms. The van der Waals surface area contributed by atoms with Gasteiger partial charge in [0.15, 0.2) is 0 Å². The van der Waals surface area contributed by atoms with Gasteiger partial charge in [0.25, 0.3) is 11.4 Å². The lowest BCUT2D eigenvalue weighted by atomic mass is 10.2. The second-order valence-corrected chi connectivity index (χ2v) is 5.00. The quantitative estimate of drug-likeness (QED) is 0.501. The topological polar surface area (TPSA) is 115 Å². The van der Waals surface area contributed by atoms with Crippen LogP contribution in [0.4, 0.5) is 17.1 Å². The standard InChI is InChI=1S/C15H10ClN3O5/c16-13-7-4-11(9-14(13)19(23)24)17-15(20)8-3-10-1-5-12(6-2-10)18(21)22/h1-9H,(H,17,20)/b8-3+. The lowest BCUT2D eigenvalue weighted by molar-refractivity contribution is -0.385. The van der Waals surface area contributed by atoms with Crippen LogP contribution in [0.1, 0.15) is 5.56 Å². The van der Waals surface area contributed by atoms with Crippen LogP contribution in [0.3, 0.4) is 0 Å². The van der Waals surface area contributed by atoms with Gasteiger partial charge in [0, 0.05) is 30.0 Å². The monoisotopic (exact) mass is 347 g/mol. The molecule has 2 aromatic carbocycles. The molecule has 0 aliphatic carbocycles. The molecule has 24 heavy (non-hydrogen) atoms. The van der Waals surface area contributed by atoms with E-state index >= 15 is 0 Å². The van der Waals surface area contributed by atoms with E-state index in [9.17, 15) is 25.0 Å². The molecular weight excluding hydrogens is 338 g/mol.